The minimum atomic E-state index is -0.429. The van der Waals surface area contributed by atoms with Gasteiger partial charge in [-0.2, -0.15) is 0 Å². The summed E-state index contributed by atoms with van der Waals surface area (Å²) in [6.07, 6.45) is 9.72. The maximum Gasteiger partial charge on any atom is 0.174 e. The second-order valence-electron chi connectivity index (χ2n) is 9.77. The number of rotatable bonds is 1. The molecule has 0 aromatic heterocycles. The molecule has 4 heteroatoms. The van der Waals surface area contributed by atoms with Gasteiger partial charge in [-0.25, -0.2) is 0 Å². The molecule has 26 heavy (non-hydrogen) atoms. The highest BCUT2D eigenvalue weighted by Gasteiger charge is 2.68. The molecule has 0 N–H and O–H groups in total. The molecular weight excluding hydrogens is 328 g/mol. The zero-order valence-corrected chi connectivity index (χ0v) is 16.4. The molecule has 4 nitrogen and oxygen atoms in total. The summed E-state index contributed by atoms with van der Waals surface area (Å²) >= 11 is 0. The maximum atomic E-state index is 13.3. The fourth-order valence-electron chi connectivity index (χ4n) is 7.46. The molecule has 4 aliphatic carbocycles. The quantitative estimate of drug-likeness (QED) is 0.712. The Hall–Kier alpha value is -0.710. The van der Waals surface area contributed by atoms with Crippen molar-refractivity contribution < 1.29 is 19.0 Å². The van der Waals surface area contributed by atoms with Crippen LogP contribution in [0.4, 0.5) is 0 Å². The summed E-state index contributed by atoms with van der Waals surface area (Å²) in [5, 5.41) is 0. The lowest BCUT2D eigenvalue weighted by molar-refractivity contribution is -0.240. The number of carbonyl (C=O) groups excluding carboxylic acids is 1. The van der Waals surface area contributed by atoms with Crippen LogP contribution in [0.15, 0.2) is 11.6 Å². The lowest BCUT2D eigenvalue weighted by atomic mass is 9.47. The van der Waals surface area contributed by atoms with Crippen molar-refractivity contribution in [2.75, 3.05) is 20.3 Å². The molecule has 1 saturated heterocycles. The summed E-state index contributed by atoms with van der Waals surface area (Å²) in [6, 6.07) is 0. The van der Waals surface area contributed by atoms with E-state index in [1.165, 1.54) is 5.57 Å². The van der Waals surface area contributed by atoms with Gasteiger partial charge in [-0.15, -0.1) is 0 Å². The maximum absolute atomic E-state index is 13.3. The van der Waals surface area contributed by atoms with E-state index in [9.17, 15) is 4.79 Å². The van der Waals surface area contributed by atoms with Crippen LogP contribution in [0.1, 0.15) is 58.8 Å². The third kappa shape index (κ3) is 2.04. The van der Waals surface area contributed by atoms with Crippen molar-refractivity contribution >= 4 is 5.78 Å². The third-order valence-electron chi connectivity index (χ3n) is 9.03. The van der Waals surface area contributed by atoms with Crippen molar-refractivity contribution in [1.82, 2.24) is 0 Å². The van der Waals surface area contributed by atoms with Crippen LogP contribution in [0.25, 0.3) is 0 Å². The smallest absolute Gasteiger partial charge is 0.174 e. The number of carbonyl (C=O) groups is 1. The predicted molar refractivity (Wildman–Crippen MR) is 97.5 cm³/mol. The van der Waals surface area contributed by atoms with Gasteiger partial charge in [-0.1, -0.05) is 19.4 Å². The van der Waals surface area contributed by atoms with Gasteiger partial charge in [-0.05, 0) is 61.9 Å². The lowest BCUT2D eigenvalue weighted by Crippen LogP contribution is -2.57. The third-order valence-corrected chi connectivity index (χ3v) is 9.03. The molecule has 0 unspecified atom stereocenters. The van der Waals surface area contributed by atoms with Gasteiger partial charge in [0.2, 0.25) is 0 Å². The highest BCUT2D eigenvalue weighted by molar-refractivity contribution is 5.94. The molecule has 0 aromatic carbocycles. The van der Waals surface area contributed by atoms with E-state index < -0.39 is 5.79 Å². The van der Waals surface area contributed by atoms with Gasteiger partial charge in [0.15, 0.2) is 11.6 Å². The van der Waals surface area contributed by atoms with Crippen LogP contribution >= 0.6 is 0 Å². The van der Waals surface area contributed by atoms with Gasteiger partial charge in [-0.3, -0.25) is 4.79 Å². The molecule has 4 fully saturated rings. The second-order valence-corrected chi connectivity index (χ2v) is 9.77. The second kappa shape index (κ2) is 5.65. The predicted octanol–water partition coefficient (Wildman–Crippen LogP) is 3.89. The summed E-state index contributed by atoms with van der Waals surface area (Å²) in [7, 11) is 1.80. The Balaban J connectivity index is 1.52. The van der Waals surface area contributed by atoms with Crippen molar-refractivity contribution in [3.05, 3.63) is 11.6 Å². The zero-order chi connectivity index (χ0) is 18.2. The Kier molecular flexibility index (Phi) is 3.78. The van der Waals surface area contributed by atoms with Crippen LogP contribution in [-0.2, 0) is 19.0 Å². The molecule has 144 valence electrons. The first kappa shape index (κ1) is 17.4. The van der Waals surface area contributed by atoms with E-state index in [4.69, 9.17) is 14.2 Å². The normalized spacial score (nSPS) is 49.5. The standard InChI is InChI=1S/C22H32O4/c1-20-7-4-15(24-3)12-14(20)13-18(23)19-16(20)5-8-21(2)17(19)6-9-22(21)25-10-11-26-22/h13,15-17,19H,4-12H2,1-3H3/t15-,16-,17-,19+,20-,21-/m0/s1. The molecule has 1 spiro atoms. The van der Waals surface area contributed by atoms with Gasteiger partial charge in [0, 0.05) is 24.9 Å². The van der Waals surface area contributed by atoms with E-state index in [-0.39, 0.29) is 22.9 Å². The Morgan fingerprint density at radius 3 is 2.50 bits per heavy atom. The average molecular weight is 360 g/mol. The molecule has 0 aromatic rings. The SMILES string of the molecule is CO[C@H]1CC[C@@]2(C)C(=CC(=O)[C@@H]3[C@@H]2CC[C@@]2(C)[C@H]3CCC23OCCO3)C1. The summed E-state index contributed by atoms with van der Waals surface area (Å²) in [6.45, 7) is 6.16. The van der Waals surface area contributed by atoms with Gasteiger partial charge in [0.05, 0.1) is 19.3 Å². The first-order valence-corrected chi connectivity index (χ1v) is 10.5. The van der Waals surface area contributed by atoms with Crippen molar-refractivity contribution in [3.63, 3.8) is 0 Å². The molecule has 0 amide bonds. The van der Waals surface area contributed by atoms with Gasteiger partial charge in [0.25, 0.3) is 0 Å². The van der Waals surface area contributed by atoms with E-state index in [1.54, 1.807) is 7.11 Å². The van der Waals surface area contributed by atoms with Gasteiger partial charge >= 0.3 is 0 Å². The molecule has 5 rings (SSSR count). The average Bonchev–Trinajstić information content (AvgIpc) is 3.22. The lowest BCUT2D eigenvalue weighted by Gasteiger charge is -2.58. The van der Waals surface area contributed by atoms with Crippen LogP contribution in [0, 0.1) is 28.6 Å². The van der Waals surface area contributed by atoms with Crippen molar-refractivity contribution in [2.45, 2.75) is 70.7 Å². The van der Waals surface area contributed by atoms with Gasteiger partial charge in [0.1, 0.15) is 0 Å². The molecule has 0 bridgehead atoms. The number of hydrogen-bond acceptors (Lipinski definition) is 4. The summed E-state index contributed by atoms with van der Waals surface area (Å²) in [4.78, 5) is 13.3. The van der Waals surface area contributed by atoms with E-state index in [0.717, 1.165) is 44.9 Å². The number of ether oxygens (including phenoxy) is 3. The van der Waals surface area contributed by atoms with Crippen LogP contribution in [0.3, 0.4) is 0 Å². The van der Waals surface area contributed by atoms with E-state index in [1.807, 2.05) is 6.08 Å². The summed E-state index contributed by atoms with van der Waals surface area (Å²) < 4.78 is 18.0. The highest BCUT2D eigenvalue weighted by Crippen LogP contribution is 2.68. The molecule has 5 aliphatic rings. The number of methoxy groups -OCH3 is 1. The molecular formula is C22H32O4. The molecule has 0 radical (unpaired) electrons. The minimum absolute atomic E-state index is 0.0221. The van der Waals surface area contributed by atoms with Crippen LogP contribution in [0.5, 0.6) is 0 Å². The molecule has 3 saturated carbocycles. The molecule has 6 atom stereocenters. The van der Waals surface area contributed by atoms with Gasteiger partial charge < -0.3 is 14.2 Å². The Bertz CT molecular complexity index is 649. The van der Waals surface area contributed by atoms with E-state index >= 15 is 0 Å². The first-order chi connectivity index (χ1) is 12.4. The van der Waals surface area contributed by atoms with Crippen molar-refractivity contribution in [2.24, 2.45) is 28.6 Å². The monoisotopic (exact) mass is 360 g/mol. The Labute approximate surface area is 156 Å². The first-order valence-electron chi connectivity index (χ1n) is 10.5. The molecule has 1 aliphatic heterocycles. The topological polar surface area (TPSA) is 44.8 Å². The number of allylic oxidation sites excluding steroid dienone is 1. The fourth-order valence-corrected chi connectivity index (χ4v) is 7.46. The largest absolute Gasteiger partial charge is 0.381 e. The van der Waals surface area contributed by atoms with Crippen LogP contribution in [-0.4, -0.2) is 38.0 Å². The number of fused-ring (bicyclic) bond motifs is 6. The van der Waals surface area contributed by atoms with Crippen LogP contribution < -0.4 is 0 Å². The number of hydrogen-bond donors (Lipinski definition) is 0. The van der Waals surface area contributed by atoms with E-state index in [2.05, 4.69) is 13.8 Å². The summed E-state index contributed by atoms with van der Waals surface area (Å²) in [5.41, 5.74) is 1.50. The Morgan fingerprint density at radius 2 is 1.77 bits per heavy atom. The van der Waals surface area contributed by atoms with Crippen molar-refractivity contribution in [1.29, 1.82) is 0 Å². The Morgan fingerprint density at radius 1 is 1.04 bits per heavy atom. The number of ketones is 1. The summed E-state index contributed by atoms with van der Waals surface area (Å²) in [5.74, 6) is 0.949. The van der Waals surface area contributed by atoms with Crippen molar-refractivity contribution in [3.8, 4) is 0 Å². The van der Waals surface area contributed by atoms with Crippen LogP contribution in [0.2, 0.25) is 0 Å². The van der Waals surface area contributed by atoms with E-state index in [0.29, 0.717) is 30.8 Å². The fraction of sp³-hybridized carbons (Fsp3) is 0.864. The minimum Gasteiger partial charge on any atom is -0.381 e. The highest BCUT2D eigenvalue weighted by atomic mass is 16.7. The zero-order valence-electron chi connectivity index (χ0n) is 16.4. The molecule has 1 heterocycles.